The standard InChI is InChI=1S/C25H30N8O5/c1-36-21-19(37-13-15(34)10-32-11-16-2-3-17(12-32)38-16)5-4-18-20(21)30-25(33-7-6-27-22(18)33)31-23(35)14-8-28-24(26)29-9-14/h4-5,8-9,15-17,34H,2-3,6-7,10-13H2,1H3,(H2,26,28,29)(H,30,31,35)/t15-,16?,17?/m1/s1. The van der Waals surface area contributed by atoms with Gasteiger partial charge in [0, 0.05) is 44.1 Å². The highest BCUT2D eigenvalue weighted by Crippen LogP contribution is 2.43. The highest BCUT2D eigenvalue weighted by atomic mass is 16.5. The number of amides is 1. The number of hydrogen-bond donors (Lipinski definition) is 3. The molecule has 2 aromatic rings. The van der Waals surface area contributed by atoms with Gasteiger partial charge in [-0.05, 0) is 25.0 Å². The molecule has 1 amide bonds. The van der Waals surface area contributed by atoms with Gasteiger partial charge in [-0.3, -0.25) is 24.9 Å². The number of carbonyl (C=O) groups excluding carboxylic acids is 1. The van der Waals surface area contributed by atoms with Crippen molar-refractivity contribution in [3.63, 3.8) is 0 Å². The van der Waals surface area contributed by atoms with Crippen LogP contribution in [-0.4, -0.2) is 107 Å². The highest BCUT2D eigenvalue weighted by molar-refractivity contribution is 6.20. The van der Waals surface area contributed by atoms with Crippen molar-refractivity contribution in [1.29, 1.82) is 0 Å². The average molecular weight is 523 g/mol. The van der Waals surface area contributed by atoms with Crippen molar-refractivity contribution in [2.24, 2.45) is 9.98 Å². The van der Waals surface area contributed by atoms with Crippen LogP contribution in [0.1, 0.15) is 28.8 Å². The van der Waals surface area contributed by atoms with E-state index in [1.165, 1.54) is 19.5 Å². The van der Waals surface area contributed by atoms with E-state index >= 15 is 0 Å². The smallest absolute Gasteiger partial charge is 0.261 e. The van der Waals surface area contributed by atoms with Crippen LogP contribution in [0.15, 0.2) is 34.5 Å². The van der Waals surface area contributed by atoms with Crippen LogP contribution >= 0.6 is 0 Å². The van der Waals surface area contributed by atoms with E-state index in [2.05, 4.69) is 25.2 Å². The predicted molar refractivity (Wildman–Crippen MR) is 138 cm³/mol. The summed E-state index contributed by atoms with van der Waals surface area (Å²) in [5.41, 5.74) is 7.04. The van der Waals surface area contributed by atoms with Gasteiger partial charge in [0.05, 0.1) is 31.4 Å². The summed E-state index contributed by atoms with van der Waals surface area (Å²) in [5, 5.41) is 13.5. The Labute approximate surface area is 219 Å². The molecule has 1 aromatic heterocycles. The maximum Gasteiger partial charge on any atom is 0.261 e. The molecule has 0 saturated carbocycles. The quantitative estimate of drug-likeness (QED) is 0.457. The Morgan fingerprint density at radius 1 is 1.26 bits per heavy atom. The molecule has 5 heterocycles. The highest BCUT2D eigenvalue weighted by Gasteiger charge is 2.35. The fourth-order valence-electron chi connectivity index (χ4n) is 5.31. The predicted octanol–water partition coefficient (Wildman–Crippen LogP) is 0.164. The summed E-state index contributed by atoms with van der Waals surface area (Å²) in [5.74, 6) is 1.50. The molecule has 0 radical (unpaired) electrons. The van der Waals surface area contributed by atoms with Crippen LogP contribution in [0.25, 0.3) is 0 Å². The van der Waals surface area contributed by atoms with Crippen molar-refractivity contribution in [2.45, 2.75) is 31.2 Å². The third-order valence-electron chi connectivity index (χ3n) is 7.03. The second-order valence-corrected chi connectivity index (χ2v) is 9.71. The fourth-order valence-corrected chi connectivity index (χ4v) is 5.31. The summed E-state index contributed by atoms with van der Waals surface area (Å²) in [7, 11) is 1.53. The Hall–Kier alpha value is -3.81. The number of ether oxygens (including phenoxy) is 3. The normalized spacial score (nSPS) is 22.7. The number of benzene rings is 1. The maximum atomic E-state index is 12.9. The maximum absolute atomic E-state index is 12.9. The zero-order chi connectivity index (χ0) is 26.2. The Kier molecular flexibility index (Phi) is 6.55. The second-order valence-electron chi connectivity index (χ2n) is 9.71. The second kappa shape index (κ2) is 10.2. The Bertz CT molecular complexity index is 1270. The molecule has 2 unspecified atom stereocenters. The third kappa shape index (κ3) is 4.75. The molecule has 3 atom stereocenters. The average Bonchev–Trinajstić information content (AvgIpc) is 3.54. The minimum absolute atomic E-state index is 0.0823. The molecule has 200 valence electrons. The Morgan fingerprint density at radius 2 is 2.03 bits per heavy atom. The van der Waals surface area contributed by atoms with Crippen molar-refractivity contribution in [1.82, 2.24) is 25.1 Å². The lowest BCUT2D eigenvalue weighted by Crippen LogP contribution is -2.47. The van der Waals surface area contributed by atoms with Gasteiger partial charge in [0.25, 0.3) is 5.91 Å². The lowest BCUT2D eigenvalue weighted by atomic mass is 10.1. The van der Waals surface area contributed by atoms with Gasteiger partial charge in [-0.25, -0.2) is 15.0 Å². The molecule has 1 aromatic carbocycles. The number of aliphatic hydroxyl groups excluding tert-OH is 1. The molecule has 2 bridgehead atoms. The number of morpholine rings is 1. The van der Waals surface area contributed by atoms with Crippen LogP contribution in [0.5, 0.6) is 11.5 Å². The van der Waals surface area contributed by atoms with Crippen LogP contribution in [0.2, 0.25) is 0 Å². The monoisotopic (exact) mass is 522 g/mol. The molecule has 0 spiro atoms. The number of carbonyl (C=O) groups is 1. The van der Waals surface area contributed by atoms with Crippen LogP contribution in [0.3, 0.4) is 0 Å². The molecular formula is C25H30N8O5. The Morgan fingerprint density at radius 3 is 2.76 bits per heavy atom. The number of rotatable bonds is 7. The number of nitrogens with zero attached hydrogens (tertiary/aromatic N) is 6. The lowest BCUT2D eigenvalue weighted by Gasteiger charge is -2.33. The van der Waals surface area contributed by atoms with Gasteiger partial charge in [0.15, 0.2) is 11.5 Å². The van der Waals surface area contributed by atoms with Crippen molar-refractivity contribution < 1.29 is 24.1 Å². The summed E-state index contributed by atoms with van der Waals surface area (Å²) < 4.78 is 17.6. The number of nitrogen functional groups attached to an aromatic ring is 1. The molecule has 6 rings (SSSR count). The largest absolute Gasteiger partial charge is 0.491 e. The number of aliphatic imine (C=N–C) groups is 2. The van der Waals surface area contributed by atoms with Crippen LogP contribution in [-0.2, 0) is 4.74 Å². The van der Waals surface area contributed by atoms with E-state index in [1.54, 1.807) is 6.07 Å². The van der Waals surface area contributed by atoms with E-state index in [0.29, 0.717) is 48.6 Å². The van der Waals surface area contributed by atoms with Crippen molar-refractivity contribution >= 4 is 29.3 Å². The first-order valence-electron chi connectivity index (χ1n) is 12.7. The van der Waals surface area contributed by atoms with Gasteiger partial charge in [-0.2, -0.15) is 0 Å². The Balaban J connectivity index is 1.20. The number of guanidine groups is 1. The van der Waals surface area contributed by atoms with Gasteiger partial charge in [-0.15, -0.1) is 0 Å². The molecule has 0 aliphatic carbocycles. The molecule has 4 N–H and O–H groups in total. The molecule has 4 aliphatic heterocycles. The van der Waals surface area contributed by atoms with E-state index in [-0.39, 0.29) is 30.3 Å². The van der Waals surface area contributed by atoms with Crippen LogP contribution in [0, 0.1) is 0 Å². The van der Waals surface area contributed by atoms with Crippen molar-refractivity contribution in [2.75, 3.05) is 52.2 Å². The SMILES string of the molecule is COc1c(OC[C@H](O)CN2CC3CCC(C2)O3)ccc2c1N=C(NC(=O)c1cnc(N)nc1)N1CCN=C21. The third-order valence-corrected chi connectivity index (χ3v) is 7.03. The molecule has 2 saturated heterocycles. The van der Waals surface area contributed by atoms with E-state index in [0.717, 1.165) is 31.5 Å². The number of β-amino-alcohol motifs (C(OH)–C–C–N with tert-alkyl or cyclic N) is 1. The number of methoxy groups -OCH3 is 1. The molecular weight excluding hydrogens is 492 g/mol. The van der Waals surface area contributed by atoms with E-state index in [9.17, 15) is 9.90 Å². The number of aromatic nitrogens is 2. The van der Waals surface area contributed by atoms with Gasteiger partial charge >= 0.3 is 0 Å². The molecule has 4 aliphatic rings. The van der Waals surface area contributed by atoms with Gasteiger partial charge in [0.2, 0.25) is 11.9 Å². The lowest BCUT2D eigenvalue weighted by molar-refractivity contribution is -0.0529. The summed E-state index contributed by atoms with van der Waals surface area (Å²) in [6.07, 6.45) is 4.73. The summed E-state index contributed by atoms with van der Waals surface area (Å²) >= 11 is 0. The number of amidine groups is 1. The van der Waals surface area contributed by atoms with Crippen LogP contribution in [0.4, 0.5) is 11.6 Å². The van der Waals surface area contributed by atoms with Crippen molar-refractivity contribution in [3.05, 3.63) is 35.7 Å². The topological polar surface area (TPSA) is 160 Å². The number of likely N-dealkylation sites (tertiary alicyclic amines) is 1. The van der Waals surface area contributed by atoms with E-state index in [4.69, 9.17) is 24.9 Å². The minimum atomic E-state index is -0.677. The number of fused-ring (bicyclic) bond motifs is 5. The molecule has 13 nitrogen and oxygen atoms in total. The number of nitrogens with one attached hydrogen (secondary N) is 1. The molecule has 2 fully saturated rings. The van der Waals surface area contributed by atoms with Gasteiger partial charge < -0.3 is 25.1 Å². The van der Waals surface area contributed by atoms with Gasteiger partial charge in [0.1, 0.15) is 24.2 Å². The first-order valence-corrected chi connectivity index (χ1v) is 12.7. The molecule has 13 heteroatoms. The van der Waals surface area contributed by atoms with Crippen molar-refractivity contribution in [3.8, 4) is 11.5 Å². The summed E-state index contributed by atoms with van der Waals surface area (Å²) in [4.78, 5) is 34.0. The zero-order valence-electron chi connectivity index (χ0n) is 21.0. The number of hydrogen-bond acceptors (Lipinski definition) is 12. The first kappa shape index (κ1) is 24.5. The van der Waals surface area contributed by atoms with Crippen LogP contribution < -0.4 is 20.5 Å². The number of anilines is 1. The summed E-state index contributed by atoms with van der Waals surface area (Å²) in [6, 6.07) is 3.66. The zero-order valence-corrected chi connectivity index (χ0v) is 21.0. The number of aliphatic hydroxyl groups is 1. The first-order chi connectivity index (χ1) is 18.5. The van der Waals surface area contributed by atoms with E-state index in [1.807, 2.05) is 11.0 Å². The molecule has 38 heavy (non-hydrogen) atoms. The number of nitrogens with two attached hydrogens (primary N) is 1. The minimum Gasteiger partial charge on any atom is -0.491 e. The fraction of sp³-hybridized carbons (Fsp3) is 0.480. The van der Waals surface area contributed by atoms with Gasteiger partial charge in [-0.1, -0.05) is 0 Å². The summed E-state index contributed by atoms with van der Waals surface area (Å²) in [6.45, 7) is 3.41. The van der Waals surface area contributed by atoms with E-state index < -0.39 is 12.0 Å².